The minimum Gasteiger partial charge on any atom is -0.373 e. The number of pyridine rings is 1. The first kappa shape index (κ1) is 6.80. The molecule has 0 fully saturated rings. The first-order valence-electron chi connectivity index (χ1n) is 2.62. The highest BCUT2D eigenvalue weighted by Crippen LogP contribution is 2.07. The van der Waals surface area contributed by atoms with E-state index in [0.29, 0.717) is 0 Å². The molecule has 0 aromatic carbocycles. The van der Waals surface area contributed by atoms with E-state index in [0.717, 1.165) is 5.82 Å². The lowest BCUT2D eigenvalue weighted by atomic mass is 10.5. The maximum Gasteiger partial charge on any atom is 0.126 e. The predicted octanol–water partition coefficient (Wildman–Crippen LogP) is 1.73. The van der Waals surface area contributed by atoms with Crippen LogP contribution in [0.4, 0.5) is 5.82 Å². The number of anilines is 1. The third kappa shape index (κ3) is 1.82. The molecular weight excluding hydrogens is 227 g/mol. The van der Waals surface area contributed by atoms with Crippen molar-refractivity contribution in [2.45, 2.75) is 0 Å². The van der Waals surface area contributed by atoms with Crippen molar-refractivity contribution in [2.75, 3.05) is 12.4 Å². The van der Waals surface area contributed by atoms with Crippen LogP contribution in [0.3, 0.4) is 0 Å². The third-order valence-corrected chi connectivity index (χ3v) is 1.65. The number of hydrogen-bond donors (Lipinski definition) is 1. The number of aromatic nitrogens is 1. The zero-order valence-corrected chi connectivity index (χ0v) is 7.21. The summed E-state index contributed by atoms with van der Waals surface area (Å²) in [6.07, 6.45) is 1.79. The van der Waals surface area contributed by atoms with Gasteiger partial charge >= 0.3 is 0 Å². The van der Waals surface area contributed by atoms with Crippen molar-refractivity contribution in [1.29, 1.82) is 0 Å². The molecule has 9 heavy (non-hydrogen) atoms. The van der Waals surface area contributed by atoms with Crippen LogP contribution in [0.1, 0.15) is 0 Å². The Bertz CT molecular complexity index is 200. The van der Waals surface area contributed by atoms with Crippen molar-refractivity contribution < 1.29 is 0 Å². The molecule has 0 amide bonds. The van der Waals surface area contributed by atoms with Gasteiger partial charge in [-0.1, -0.05) is 0 Å². The van der Waals surface area contributed by atoms with Gasteiger partial charge in [0.2, 0.25) is 0 Å². The average molecular weight is 234 g/mol. The van der Waals surface area contributed by atoms with E-state index < -0.39 is 0 Å². The fraction of sp³-hybridized carbons (Fsp3) is 0.167. The van der Waals surface area contributed by atoms with Crippen LogP contribution < -0.4 is 5.32 Å². The summed E-state index contributed by atoms with van der Waals surface area (Å²) in [4.78, 5) is 4.04. The Labute approximate surface area is 67.8 Å². The summed E-state index contributed by atoms with van der Waals surface area (Å²) in [5.41, 5.74) is 0. The van der Waals surface area contributed by atoms with Gasteiger partial charge in [-0.15, -0.1) is 0 Å². The maximum absolute atomic E-state index is 4.04. The van der Waals surface area contributed by atoms with Crippen LogP contribution in [0.15, 0.2) is 18.3 Å². The molecule has 0 aliphatic carbocycles. The topological polar surface area (TPSA) is 24.9 Å². The van der Waals surface area contributed by atoms with Crippen LogP contribution in [0.2, 0.25) is 0 Å². The van der Waals surface area contributed by atoms with Gasteiger partial charge in [0.25, 0.3) is 0 Å². The number of nitrogens with zero attached hydrogens (tertiary/aromatic N) is 1. The predicted molar refractivity (Wildman–Crippen MR) is 46.5 cm³/mol. The molecule has 2 nitrogen and oxygen atoms in total. The van der Waals surface area contributed by atoms with Crippen molar-refractivity contribution in [3.8, 4) is 0 Å². The van der Waals surface area contributed by atoms with Crippen LogP contribution in [-0.4, -0.2) is 12.0 Å². The van der Waals surface area contributed by atoms with Gasteiger partial charge in [-0.2, -0.15) is 0 Å². The maximum atomic E-state index is 4.04. The molecule has 1 heterocycles. The Hall–Kier alpha value is -0.320. The molecule has 3 heteroatoms. The van der Waals surface area contributed by atoms with Crippen LogP contribution in [0.5, 0.6) is 0 Å². The first-order valence-corrected chi connectivity index (χ1v) is 3.70. The fourth-order valence-corrected chi connectivity index (χ4v) is 0.997. The summed E-state index contributed by atoms with van der Waals surface area (Å²) in [5.74, 6) is 0.918. The average Bonchev–Trinajstić information content (AvgIpc) is 1.88. The molecule has 0 radical (unpaired) electrons. The van der Waals surface area contributed by atoms with E-state index in [2.05, 4.69) is 32.9 Å². The van der Waals surface area contributed by atoms with Gasteiger partial charge in [0, 0.05) is 16.8 Å². The Kier molecular flexibility index (Phi) is 2.27. The number of hydrogen-bond acceptors (Lipinski definition) is 2. The van der Waals surface area contributed by atoms with Gasteiger partial charge in [0.15, 0.2) is 0 Å². The minimum atomic E-state index is 0.918. The highest BCUT2D eigenvalue weighted by Gasteiger charge is 1.87. The molecule has 1 rings (SSSR count). The summed E-state index contributed by atoms with van der Waals surface area (Å²) in [5, 5.41) is 2.95. The van der Waals surface area contributed by atoms with Gasteiger partial charge in [-0.25, -0.2) is 4.98 Å². The number of nitrogens with one attached hydrogen (secondary N) is 1. The minimum absolute atomic E-state index is 0.918. The van der Waals surface area contributed by atoms with Gasteiger partial charge in [0.05, 0.1) is 0 Å². The van der Waals surface area contributed by atoms with E-state index in [1.807, 2.05) is 19.2 Å². The third-order valence-electron chi connectivity index (χ3n) is 0.978. The lowest BCUT2D eigenvalue weighted by Gasteiger charge is -1.96. The van der Waals surface area contributed by atoms with Crippen LogP contribution >= 0.6 is 22.6 Å². The van der Waals surface area contributed by atoms with E-state index in [9.17, 15) is 0 Å². The Morgan fingerprint density at radius 2 is 2.44 bits per heavy atom. The molecular formula is C6H7IN2. The summed E-state index contributed by atoms with van der Waals surface area (Å²) in [6.45, 7) is 0. The molecule has 0 bridgehead atoms. The van der Waals surface area contributed by atoms with E-state index >= 15 is 0 Å². The standard InChI is InChI=1S/C6H7IN2/c1-8-6-4-5(7)2-3-9-6/h2-4H,1H3,(H,8,9). The zero-order valence-electron chi connectivity index (χ0n) is 5.06. The molecule has 0 unspecified atom stereocenters. The Morgan fingerprint density at radius 1 is 1.67 bits per heavy atom. The number of halogens is 1. The molecule has 0 saturated carbocycles. The lowest BCUT2D eigenvalue weighted by molar-refractivity contribution is 1.28. The van der Waals surface area contributed by atoms with Crippen molar-refractivity contribution in [2.24, 2.45) is 0 Å². The second-order valence-corrected chi connectivity index (χ2v) is 2.85. The van der Waals surface area contributed by atoms with E-state index in [1.54, 1.807) is 6.20 Å². The summed E-state index contributed by atoms with van der Waals surface area (Å²) in [6, 6.07) is 3.95. The molecule has 0 atom stereocenters. The van der Waals surface area contributed by atoms with Crippen LogP contribution in [-0.2, 0) is 0 Å². The molecule has 0 aliphatic rings. The quantitative estimate of drug-likeness (QED) is 0.748. The SMILES string of the molecule is CNc1cc(I)ccn1. The van der Waals surface area contributed by atoms with E-state index in [-0.39, 0.29) is 0 Å². The van der Waals surface area contributed by atoms with Crippen molar-refractivity contribution in [1.82, 2.24) is 4.98 Å². The highest BCUT2D eigenvalue weighted by molar-refractivity contribution is 14.1. The molecule has 0 aliphatic heterocycles. The summed E-state index contributed by atoms with van der Waals surface area (Å²) >= 11 is 2.25. The molecule has 48 valence electrons. The molecule has 0 spiro atoms. The zero-order chi connectivity index (χ0) is 6.69. The molecule has 1 aromatic heterocycles. The summed E-state index contributed by atoms with van der Waals surface area (Å²) < 4.78 is 1.20. The van der Waals surface area contributed by atoms with Gasteiger partial charge in [-0.3, -0.25) is 0 Å². The Morgan fingerprint density at radius 3 is 2.89 bits per heavy atom. The van der Waals surface area contributed by atoms with Crippen LogP contribution in [0.25, 0.3) is 0 Å². The second-order valence-electron chi connectivity index (χ2n) is 1.61. The van der Waals surface area contributed by atoms with Gasteiger partial charge in [0.1, 0.15) is 5.82 Å². The molecule has 1 aromatic rings. The van der Waals surface area contributed by atoms with Crippen molar-refractivity contribution >= 4 is 28.4 Å². The second kappa shape index (κ2) is 3.00. The van der Waals surface area contributed by atoms with Crippen molar-refractivity contribution in [3.63, 3.8) is 0 Å². The smallest absolute Gasteiger partial charge is 0.126 e. The largest absolute Gasteiger partial charge is 0.373 e. The lowest BCUT2D eigenvalue weighted by Crippen LogP contribution is -1.90. The molecule has 0 saturated heterocycles. The van der Waals surface area contributed by atoms with E-state index in [4.69, 9.17) is 0 Å². The number of rotatable bonds is 1. The monoisotopic (exact) mass is 234 g/mol. The van der Waals surface area contributed by atoms with Crippen molar-refractivity contribution in [3.05, 3.63) is 21.9 Å². The van der Waals surface area contributed by atoms with E-state index in [1.165, 1.54) is 3.57 Å². The van der Waals surface area contributed by atoms with Gasteiger partial charge in [-0.05, 0) is 34.7 Å². The summed E-state index contributed by atoms with van der Waals surface area (Å²) in [7, 11) is 1.86. The van der Waals surface area contributed by atoms with Crippen LogP contribution in [0, 0.1) is 3.57 Å². The molecule has 1 N–H and O–H groups in total. The fourth-order valence-electron chi connectivity index (χ4n) is 0.541. The highest BCUT2D eigenvalue weighted by atomic mass is 127. The first-order chi connectivity index (χ1) is 4.33. The normalized spacial score (nSPS) is 9.11. The van der Waals surface area contributed by atoms with Gasteiger partial charge < -0.3 is 5.32 Å². The Balaban J connectivity index is 2.94.